The van der Waals surface area contributed by atoms with Gasteiger partial charge in [0.1, 0.15) is 0 Å². The zero-order valence-electron chi connectivity index (χ0n) is 6.69. The molecule has 0 amide bonds. The van der Waals surface area contributed by atoms with E-state index in [1.165, 1.54) is 11.1 Å². The third-order valence-corrected chi connectivity index (χ3v) is 2.66. The molecule has 0 aromatic carbocycles. The highest BCUT2D eigenvalue weighted by atomic mass is 127. The fraction of sp³-hybridized carbons (Fsp3) is 0.200. The summed E-state index contributed by atoms with van der Waals surface area (Å²) in [5, 5.41) is 0.905. The molecule has 0 unspecified atom stereocenters. The number of hydrogen-bond donors (Lipinski definition) is 0. The van der Waals surface area contributed by atoms with E-state index in [4.69, 9.17) is 11.6 Å². The van der Waals surface area contributed by atoms with Crippen molar-refractivity contribution < 1.29 is 0 Å². The van der Waals surface area contributed by atoms with Crippen LogP contribution in [-0.2, 0) is 0 Å². The van der Waals surface area contributed by atoms with E-state index >= 15 is 0 Å². The van der Waals surface area contributed by atoms with Gasteiger partial charge in [-0.2, -0.15) is 0 Å². The lowest BCUT2D eigenvalue weighted by molar-refractivity contribution is 1.03. The highest BCUT2D eigenvalue weighted by Gasteiger charge is 2.14. The van der Waals surface area contributed by atoms with E-state index in [0.717, 1.165) is 17.9 Å². The quantitative estimate of drug-likeness (QED) is 0.664. The highest BCUT2D eigenvalue weighted by molar-refractivity contribution is 14.1. The first-order valence-corrected chi connectivity index (χ1v) is 5.39. The first kappa shape index (κ1) is 10.1. The minimum Gasteiger partial charge on any atom is -0.0991 e. The number of allylic oxidation sites excluding steroid dienone is 6. The molecule has 0 saturated carbocycles. The van der Waals surface area contributed by atoms with Gasteiger partial charge in [-0.15, -0.1) is 0 Å². The van der Waals surface area contributed by atoms with Crippen molar-refractivity contribution in [2.24, 2.45) is 0 Å². The van der Waals surface area contributed by atoms with E-state index in [1.54, 1.807) is 6.08 Å². The van der Waals surface area contributed by atoms with Gasteiger partial charge >= 0.3 is 0 Å². The van der Waals surface area contributed by atoms with Crippen LogP contribution in [0.15, 0.2) is 45.1 Å². The molecule has 0 atom stereocenters. The molecule has 0 N–H and O–H groups in total. The summed E-state index contributed by atoms with van der Waals surface area (Å²) < 4.78 is 1.99. The number of rotatable bonds is 2. The summed E-state index contributed by atoms with van der Waals surface area (Å²) in [5.74, 6) is 0. The molecule has 1 aliphatic rings. The minimum absolute atomic E-state index is 0.905. The van der Waals surface area contributed by atoms with Crippen molar-refractivity contribution >= 4 is 34.2 Å². The Labute approximate surface area is 91.8 Å². The van der Waals surface area contributed by atoms with Crippen molar-refractivity contribution in [3.8, 4) is 0 Å². The third kappa shape index (κ3) is 2.23. The lowest BCUT2D eigenvalue weighted by Crippen LogP contribution is -1.72. The maximum atomic E-state index is 6.11. The molecule has 12 heavy (non-hydrogen) atoms. The fourth-order valence-corrected chi connectivity index (χ4v) is 1.98. The summed E-state index contributed by atoms with van der Waals surface area (Å²) >= 11 is 8.31. The van der Waals surface area contributed by atoms with Gasteiger partial charge in [0.05, 0.1) is 0 Å². The van der Waals surface area contributed by atoms with Gasteiger partial charge in [-0.3, -0.25) is 0 Å². The van der Waals surface area contributed by atoms with Gasteiger partial charge in [0, 0.05) is 5.03 Å². The Balaban J connectivity index is 2.90. The zero-order chi connectivity index (χ0) is 8.97. The number of hydrogen-bond acceptors (Lipinski definition) is 0. The summed E-state index contributed by atoms with van der Waals surface area (Å²) in [6.45, 7) is 3.65. The van der Waals surface area contributed by atoms with Crippen LogP contribution in [0, 0.1) is 0 Å². The van der Waals surface area contributed by atoms with Gasteiger partial charge in [0.25, 0.3) is 0 Å². The van der Waals surface area contributed by atoms with E-state index < -0.39 is 0 Å². The lowest BCUT2D eigenvalue weighted by Gasteiger charge is -1.93. The summed E-state index contributed by atoms with van der Waals surface area (Å²) in [5.41, 5.74) is 2.44. The summed E-state index contributed by atoms with van der Waals surface area (Å²) in [4.78, 5) is 0. The lowest BCUT2D eigenvalue weighted by atomic mass is 10.2. The third-order valence-electron chi connectivity index (χ3n) is 1.81. The fourth-order valence-electron chi connectivity index (χ4n) is 1.23. The smallest absolute Gasteiger partial charge is 0.0470 e. The second-order valence-corrected chi connectivity index (χ2v) is 3.66. The van der Waals surface area contributed by atoms with Crippen LogP contribution in [-0.4, -0.2) is 0 Å². The monoisotopic (exact) mass is 292 g/mol. The van der Waals surface area contributed by atoms with Crippen LogP contribution in [0.1, 0.15) is 12.8 Å². The van der Waals surface area contributed by atoms with Crippen LogP contribution >= 0.6 is 34.2 Å². The Bertz CT molecular complexity index is 272. The molecular weight excluding hydrogens is 282 g/mol. The second kappa shape index (κ2) is 4.87. The van der Waals surface area contributed by atoms with Crippen LogP contribution in [0.4, 0.5) is 0 Å². The normalized spacial score (nSPS) is 21.3. The number of halogens is 2. The van der Waals surface area contributed by atoms with E-state index in [1.807, 2.05) is 10.2 Å². The molecule has 2 heteroatoms. The highest BCUT2D eigenvalue weighted by Crippen LogP contribution is 2.34. The molecule has 0 aromatic rings. The molecular formula is C10H10ClI. The van der Waals surface area contributed by atoms with Crippen LogP contribution in [0.25, 0.3) is 0 Å². The van der Waals surface area contributed by atoms with Crippen molar-refractivity contribution in [2.45, 2.75) is 12.8 Å². The van der Waals surface area contributed by atoms with E-state index in [0.29, 0.717) is 0 Å². The summed E-state index contributed by atoms with van der Waals surface area (Å²) in [7, 11) is 0. The molecule has 0 heterocycles. The molecule has 0 spiro atoms. The van der Waals surface area contributed by atoms with Crippen molar-refractivity contribution in [3.63, 3.8) is 0 Å². The molecule has 0 nitrogen and oxygen atoms in total. The molecule has 0 radical (unpaired) electrons. The van der Waals surface area contributed by atoms with Gasteiger partial charge in [-0.1, -0.05) is 59.0 Å². The van der Waals surface area contributed by atoms with Crippen LogP contribution in [0.5, 0.6) is 0 Å². The maximum Gasteiger partial charge on any atom is 0.0470 e. The SMILES string of the molecule is C=CC=C1CCC(/C=C/I)=C1Cl. The van der Waals surface area contributed by atoms with Gasteiger partial charge in [0.15, 0.2) is 0 Å². The Morgan fingerprint density at radius 1 is 1.42 bits per heavy atom. The van der Waals surface area contributed by atoms with Crippen molar-refractivity contribution in [2.75, 3.05) is 0 Å². The van der Waals surface area contributed by atoms with Gasteiger partial charge in [-0.25, -0.2) is 0 Å². The Morgan fingerprint density at radius 2 is 2.17 bits per heavy atom. The summed E-state index contributed by atoms with van der Waals surface area (Å²) in [6, 6.07) is 0. The van der Waals surface area contributed by atoms with E-state index in [9.17, 15) is 0 Å². The van der Waals surface area contributed by atoms with Crippen molar-refractivity contribution in [3.05, 3.63) is 45.1 Å². The van der Waals surface area contributed by atoms with Crippen LogP contribution < -0.4 is 0 Å². The Morgan fingerprint density at radius 3 is 2.75 bits per heavy atom. The van der Waals surface area contributed by atoms with E-state index in [2.05, 4.69) is 35.2 Å². The van der Waals surface area contributed by atoms with Crippen LogP contribution in [0.3, 0.4) is 0 Å². The standard InChI is InChI=1S/C10H10ClI/c1-2-3-8-4-5-9(6-7-12)10(8)11/h2-3,6-7H,1,4-5H2/b7-6+,8-3?. The molecule has 0 aliphatic heterocycles. The topological polar surface area (TPSA) is 0 Å². The Hall–Kier alpha value is -0.0200. The van der Waals surface area contributed by atoms with E-state index in [-0.39, 0.29) is 0 Å². The maximum absolute atomic E-state index is 6.11. The van der Waals surface area contributed by atoms with Crippen molar-refractivity contribution in [1.29, 1.82) is 0 Å². The predicted octanol–water partition coefficient (Wildman–Crippen LogP) is 4.33. The molecule has 0 saturated heterocycles. The first-order valence-electron chi connectivity index (χ1n) is 3.77. The average Bonchev–Trinajstić information content (AvgIpc) is 2.38. The van der Waals surface area contributed by atoms with Crippen LogP contribution in [0.2, 0.25) is 0 Å². The van der Waals surface area contributed by atoms with Gasteiger partial charge in [0.2, 0.25) is 0 Å². The first-order chi connectivity index (χ1) is 5.79. The molecule has 0 fully saturated rings. The van der Waals surface area contributed by atoms with Crippen molar-refractivity contribution in [1.82, 2.24) is 0 Å². The average molecular weight is 293 g/mol. The molecule has 0 aromatic heterocycles. The largest absolute Gasteiger partial charge is 0.0991 e. The zero-order valence-corrected chi connectivity index (χ0v) is 9.60. The van der Waals surface area contributed by atoms with Gasteiger partial charge in [-0.05, 0) is 28.1 Å². The predicted molar refractivity (Wildman–Crippen MR) is 63.6 cm³/mol. The van der Waals surface area contributed by atoms with Gasteiger partial charge < -0.3 is 0 Å². The summed E-state index contributed by atoms with van der Waals surface area (Å²) in [6.07, 6.45) is 7.93. The molecule has 1 rings (SSSR count). The molecule has 1 aliphatic carbocycles. The molecule has 64 valence electrons. The molecule has 0 bridgehead atoms. The minimum atomic E-state index is 0.905. The second-order valence-electron chi connectivity index (χ2n) is 2.56. The Kier molecular flexibility index (Phi) is 4.09.